The summed E-state index contributed by atoms with van der Waals surface area (Å²) in [5.74, 6) is 0.387. The summed E-state index contributed by atoms with van der Waals surface area (Å²) in [6.07, 6.45) is 0.457. The number of carbonyl (C=O) groups excluding carboxylic acids is 2. The Balaban J connectivity index is 2.24. The zero-order valence-electron chi connectivity index (χ0n) is 18.8. The molecule has 0 spiro atoms. The molecule has 0 aliphatic rings. The third-order valence-electron chi connectivity index (χ3n) is 4.92. The fraction of sp³-hybridized carbons (Fsp3) is 0.417. The molecule has 0 saturated heterocycles. The van der Waals surface area contributed by atoms with E-state index in [0.29, 0.717) is 40.2 Å². The van der Waals surface area contributed by atoms with Crippen LogP contribution in [0, 0.1) is 12.8 Å². The maximum absolute atomic E-state index is 13.2. The predicted octanol–water partition coefficient (Wildman–Crippen LogP) is 6.02. The number of ether oxygens (including phenoxy) is 1. The van der Waals surface area contributed by atoms with Crippen LogP contribution in [-0.4, -0.2) is 35.9 Å². The van der Waals surface area contributed by atoms with Crippen LogP contribution in [0.2, 0.25) is 10.0 Å². The molecule has 2 rings (SSSR count). The molecule has 0 fully saturated rings. The molecule has 1 atom stereocenters. The van der Waals surface area contributed by atoms with Crippen molar-refractivity contribution in [3.8, 4) is 5.75 Å². The van der Waals surface area contributed by atoms with E-state index >= 15 is 0 Å². The quantitative estimate of drug-likeness (QED) is 0.398. The Morgan fingerprint density at radius 3 is 2.47 bits per heavy atom. The van der Waals surface area contributed by atoms with Crippen LogP contribution in [0.15, 0.2) is 40.9 Å². The minimum atomic E-state index is -0.650. The Morgan fingerprint density at radius 2 is 1.88 bits per heavy atom. The van der Waals surface area contributed by atoms with E-state index in [-0.39, 0.29) is 25.0 Å². The molecular formula is C24H29BrCl2N2O3. The summed E-state index contributed by atoms with van der Waals surface area (Å²) in [5.41, 5.74) is 1.71. The van der Waals surface area contributed by atoms with Crippen LogP contribution < -0.4 is 10.1 Å². The van der Waals surface area contributed by atoms with Gasteiger partial charge in [0.05, 0.1) is 0 Å². The number of benzene rings is 2. The monoisotopic (exact) mass is 542 g/mol. The van der Waals surface area contributed by atoms with Gasteiger partial charge >= 0.3 is 0 Å². The molecule has 2 amide bonds. The van der Waals surface area contributed by atoms with Crippen molar-refractivity contribution in [1.29, 1.82) is 0 Å². The lowest BCUT2D eigenvalue weighted by molar-refractivity contribution is -0.143. The van der Waals surface area contributed by atoms with Gasteiger partial charge in [-0.3, -0.25) is 9.59 Å². The maximum atomic E-state index is 13.2. The lowest BCUT2D eigenvalue weighted by Crippen LogP contribution is -2.50. The van der Waals surface area contributed by atoms with E-state index in [9.17, 15) is 9.59 Å². The van der Waals surface area contributed by atoms with E-state index in [4.69, 9.17) is 27.9 Å². The van der Waals surface area contributed by atoms with Crippen molar-refractivity contribution in [2.24, 2.45) is 5.92 Å². The first-order chi connectivity index (χ1) is 15.1. The number of hydrogen-bond acceptors (Lipinski definition) is 3. The highest BCUT2D eigenvalue weighted by Crippen LogP contribution is 2.25. The van der Waals surface area contributed by atoms with Crippen LogP contribution in [-0.2, 0) is 16.1 Å². The van der Waals surface area contributed by atoms with E-state index in [1.54, 1.807) is 24.3 Å². The van der Waals surface area contributed by atoms with Gasteiger partial charge in [0.2, 0.25) is 5.91 Å². The van der Waals surface area contributed by atoms with Crippen molar-refractivity contribution in [1.82, 2.24) is 10.2 Å². The summed E-state index contributed by atoms with van der Waals surface area (Å²) in [6.45, 7) is 8.37. The van der Waals surface area contributed by atoms with Crippen LogP contribution in [0.25, 0.3) is 0 Å². The molecule has 32 heavy (non-hydrogen) atoms. The standard InChI is InChI=1S/C24H29BrCl2N2O3/c1-5-22(24(31)28-12-15(2)3)29(13-17-6-7-18(26)11-21(17)27)23(30)14-32-19-8-9-20(25)16(4)10-19/h6-11,15,22H,5,12-14H2,1-4H3,(H,28,31). The molecule has 1 N–H and O–H groups in total. The first-order valence-corrected chi connectivity index (χ1v) is 12.1. The first kappa shape index (κ1) is 26.5. The Hall–Kier alpha value is -1.76. The van der Waals surface area contributed by atoms with E-state index < -0.39 is 6.04 Å². The zero-order chi connectivity index (χ0) is 23.8. The van der Waals surface area contributed by atoms with Crippen molar-refractivity contribution < 1.29 is 14.3 Å². The van der Waals surface area contributed by atoms with Gasteiger partial charge in [0.1, 0.15) is 11.8 Å². The van der Waals surface area contributed by atoms with Gasteiger partial charge in [-0.2, -0.15) is 0 Å². The Kier molecular flexibility index (Phi) is 10.3. The Bertz CT molecular complexity index is 953. The minimum Gasteiger partial charge on any atom is -0.484 e. The molecule has 1 unspecified atom stereocenters. The summed E-state index contributed by atoms with van der Waals surface area (Å²) in [4.78, 5) is 27.7. The summed E-state index contributed by atoms with van der Waals surface area (Å²) in [7, 11) is 0. The van der Waals surface area contributed by atoms with Gasteiger partial charge in [0.25, 0.3) is 5.91 Å². The highest BCUT2D eigenvalue weighted by atomic mass is 79.9. The SMILES string of the molecule is CCC(C(=O)NCC(C)C)N(Cc1ccc(Cl)cc1Cl)C(=O)COc1ccc(Br)c(C)c1. The third-order valence-corrected chi connectivity index (χ3v) is 6.39. The van der Waals surface area contributed by atoms with Crippen molar-refractivity contribution in [2.45, 2.75) is 46.7 Å². The smallest absolute Gasteiger partial charge is 0.261 e. The average Bonchev–Trinajstić information content (AvgIpc) is 2.74. The molecule has 174 valence electrons. The lowest BCUT2D eigenvalue weighted by atomic mass is 10.1. The lowest BCUT2D eigenvalue weighted by Gasteiger charge is -2.31. The number of hydrogen-bond donors (Lipinski definition) is 1. The van der Waals surface area contributed by atoms with Crippen LogP contribution >= 0.6 is 39.1 Å². The molecule has 0 aliphatic heterocycles. The molecule has 5 nitrogen and oxygen atoms in total. The largest absolute Gasteiger partial charge is 0.484 e. The number of nitrogens with zero attached hydrogens (tertiary/aromatic N) is 1. The predicted molar refractivity (Wildman–Crippen MR) is 133 cm³/mol. The average molecular weight is 544 g/mol. The van der Waals surface area contributed by atoms with Gasteiger partial charge in [0, 0.05) is 27.6 Å². The number of halogens is 3. The van der Waals surface area contributed by atoms with E-state index in [2.05, 4.69) is 21.2 Å². The molecular weight excluding hydrogens is 515 g/mol. The van der Waals surface area contributed by atoms with E-state index in [1.165, 1.54) is 4.90 Å². The van der Waals surface area contributed by atoms with Gasteiger partial charge in [0.15, 0.2) is 6.61 Å². The van der Waals surface area contributed by atoms with Gasteiger partial charge in [-0.25, -0.2) is 0 Å². The second-order valence-corrected chi connectivity index (χ2v) is 9.72. The first-order valence-electron chi connectivity index (χ1n) is 10.5. The van der Waals surface area contributed by atoms with Crippen molar-refractivity contribution in [3.63, 3.8) is 0 Å². The van der Waals surface area contributed by atoms with Gasteiger partial charge in [-0.1, -0.05) is 66.0 Å². The van der Waals surface area contributed by atoms with E-state index in [1.807, 2.05) is 39.8 Å². The molecule has 0 bridgehead atoms. The second kappa shape index (κ2) is 12.5. The van der Waals surface area contributed by atoms with Crippen LogP contribution in [0.4, 0.5) is 0 Å². The van der Waals surface area contributed by atoms with E-state index in [0.717, 1.165) is 10.0 Å². The number of aryl methyl sites for hydroxylation is 1. The van der Waals surface area contributed by atoms with Crippen LogP contribution in [0.5, 0.6) is 5.75 Å². The van der Waals surface area contributed by atoms with Gasteiger partial charge in [-0.05, 0) is 60.7 Å². The molecule has 0 radical (unpaired) electrons. The summed E-state index contributed by atoms with van der Waals surface area (Å²) in [6, 6.07) is 9.97. The zero-order valence-corrected chi connectivity index (χ0v) is 21.9. The molecule has 0 saturated carbocycles. The molecule has 8 heteroatoms. The van der Waals surface area contributed by atoms with Gasteiger partial charge in [-0.15, -0.1) is 0 Å². The number of carbonyl (C=O) groups is 2. The number of nitrogens with one attached hydrogen (secondary N) is 1. The maximum Gasteiger partial charge on any atom is 0.261 e. The third kappa shape index (κ3) is 7.68. The fourth-order valence-electron chi connectivity index (χ4n) is 3.11. The number of rotatable bonds is 10. The van der Waals surface area contributed by atoms with Crippen molar-refractivity contribution in [2.75, 3.05) is 13.2 Å². The molecule has 0 heterocycles. The molecule has 0 aromatic heterocycles. The highest BCUT2D eigenvalue weighted by molar-refractivity contribution is 9.10. The fourth-order valence-corrected chi connectivity index (χ4v) is 3.83. The molecule has 2 aromatic rings. The summed E-state index contributed by atoms with van der Waals surface area (Å²) in [5, 5.41) is 3.88. The highest BCUT2D eigenvalue weighted by Gasteiger charge is 2.29. The van der Waals surface area contributed by atoms with Crippen LogP contribution in [0.1, 0.15) is 38.3 Å². The summed E-state index contributed by atoms with van der Waals surface area (Å²) >= 11 is 15.8. The number of amides is 2. The van der Waals surface area contributed by atoms with Gasteiger partial charge < -0.3 is 15.0 Å². The Morgan fingerprint density at radius 1 is 1.16 bits per heavy atom. The normalized spacial score (nSPS) is 11.9. The molecule has 0 aliphatic carbocycles. The van der Waals surface area contributed by atoms with Crippen molar-refractivity contribution in [3.05, 3.63) is 62.0 Å². The summed E-state index contributed by atoms with van der Waals surface area (Å²) < 4.78 is 6.71. The minimum absolute atomic E-state index is 0.172. The topological polar surface area (TPSA) is 58.6 Å². The Labute approximate surface area is 208 Å². The molecule has 2 aromatic carbocycles. The second-order valence-electron chi connectivity index (χ2n) is 8.02. The van der Waals surface area contributed by atoms with Crippen LogP contribution in [0.3, 0.4) is 0 Å². The van der Waals surface area contributed by atoms with Crippen molar-refractivity contribution >= 4 is 50.9 Å².